The summed E-state index contributed by atoms with van der Waals surface area (Å²) in [5.74, 6) is -0.0595. The van der Waals surface area contributed by atoms with Crippen LogP contribution >= 0.6 is 23.2 Å². The van der Waals surface area contributed by atoms with Crippen molar-refractivity contribution in [3.63, 3.8) is 0 Å². The fourth-order valence-electron chi connectivity index (χ4n) is 3.07. The Morgan fingerprint density at radius 2 is 1.83 bits per heavy atom. The van der Waals surface area contributed by atoms with Crippen molar-refractivity contribution in [2.24, 2.45) is 0 Å². The predicted octanol–water partition coefficient (Wildman–Crippen LogP) is 6.24. The third-order valence-electron chi connectivity index (χ3n) is 4.79. The lowest BCUT2D eigenvalue weighted by molar-refractivity contribution is 0.0920. The number of carbonyl (C=O) groups is 1. The van der Waals surface area contributed by atoms with Crippen molar-refractivity contribution in [2.75, 3.05) is 6.61 Å². The average molecular weight is 443 g/mol. The van der Waals surface area contributed by atoms with Gasteiger partial charge in [0.2, 0.25) is 22.7 Å². The van der Waals surface area contributed by atoms with Gasteiger partial charge in [-0.25, -0.2) is 0 Å². The fourth-order valence-corrected chi connectivity index (χ4v) is 3.58. The highest BCUT2D eigenvalue weighted by Gasteiger charge is 2.22. The number of carbonyl (C=O) groups excluding carboxylic acids is 1. The zero-order chi connectivity index (χ0) is 21.4. The number of ketones is 1. The van der Waals surface area contributed by atoms with Crippen LogP contribution in [0, 0.1) is 13.8 Å². The minimum Gasteiger partial charge on any atom is -0.478 e. The Labute approximate surface area is 181 Å². The van der Waals surface area contributed by atoms with E-state index in [-0.39, 0.29) is 27.5 Å². The smallest absolute Gasteiger partial charge is 0.235 e. The van der Waals surface area contributed by atoms with Crippen LogP contribution in [0.5, 0.6) is 5.75 Å². The van der Waals surface area contributed by atoms with Gasteiger partial charge in [0.25, 0.3) is 0 Å². The molecule has 0 radical (unpaired) electrons. The molecule has 4 rings (SSSR count). The number of aryl methyl sites for hydroxylation is 2. The van der Waals surface area contributed by atoms with Crippen molar-refractivity contribution >= 4 is 40.0 Å². The number of halogens is 2. The highest BCUT2D eigenvalue weighted by atomic mass is 35.5. The molecule has 2 heterocycles. The van der Waals surface area contributed by atoms with Gasteiger partial charge in [0.05, 0.1) is 16.7 Å². The molecule has 0 aliphatic carbocycles. The van der Waals surface area contributed by atoms with E-state index in [4.69, 9.17) is 36.8 Å². The minimum absolute atomic E-state index is 0.0980. The molecule has 7 heteroatoms. The maximum atomic E-state index is 13.2. The molecule has 0 aliphatic rings. The Kier molecular flexibility index (Phi) is 5.41. The van der Waals surface area contributed by atoms with E-state index in [1.54, 1.807) is 30.3 Å². The molecule has 0 saturated carbocycles. The maximum Gasteiger partial charge on any atom is 0.235 e. The normalized spacial score (nSPS) is 11.1. The standard InChI is InChI=1S/C23H16Cl2O5/c1-12-8-16-20(9-13(12)2)30-22(19-4-3-7-28-19)23(21(16)27)29-11-18(26)15-6-5-14(24)10-17(15)25/h3-10H,11H2,1-2H3. The van der Waals surface area contributed by atoms with Crippen LogP contribution < -0.4 is 10.2 Å². The topological polar surface area (TPSA) is 69.7 Å². The van der Waals surface area contributed by atoms with Crippen molar-refractivity contribution < 1.29 is 18.4 Å². The van der Waals surface area contributed by atoms with Gasteiger partial charge in [-0.2, -0.15) is 0 Å². The van der Waals surface area contributed by atoms with Gasteiger partial charge in [-0.3, -0.25) is 9.59 Å². The van der Waals surface area contributed by atoms with E-state index in [1.807, 2.05) is 13.8 Å². The van der Waals surface area contributed by atoms with E-state index in [2.05, 4.69) is 0 Å². The monoisotopic (exact) mass is 442 g/mol. The Hall–Kier alpha value is -3.02. The molecule has 0 unspecified atom stereocenters. The number of benzene rings is 2. The lowest BCUT2D eigenvalue weighted by atomic mass is 10.1. The summed E-state index contributed by atoms with van der Waals surface area (Å²) in [6.45, 7) is 3.43. The van der Waals surface area contributed by atoms with Crippen LogP contribution in [0.15, 0.2) is 62.4 Å². The third-order valence-corrected chi connectivity index (χ3v) is 5.34. The van der Waals surface area contributed by atoms with Crippen molar-refractivity contribution in [2.45, 2.75) is 13.8 Å². The molecule has 0 N–H and O–H groups in total. The van der Waals surface area contributed by atoms with Crippen LogP contribution in [-0.2, 0) is 0 Å². The van der Waals surface area contributed by atoms with E-state index in [0.717, 1.165) is 11.1 Å². The summed E-state index contributed by atoms with van der Waals surface area (Å²) in [4.78, 5) is 25.8. The molecular weight excluding hydrogens is 427 g/mol. The Morgan fingerprint density at radius 3 is 2.53 bits per heavy atom. The number of Topliss-reactive ketones (excluding diaryl/α,β-unsaturated/α-hetero) is 1. The second kappa shape index (κ2) is 8.01. The van der Waals surface area contributed by atoms with Crippen molar-refractivity contribution in [1.29, 1.82) is 0 Å². The van der Waals surface area contributed by atoms with Crippen LogP contribution in [0.4, 0.5) is 0 Å². The summed E-state index contributed by atoms with van der Waals surface area (Å²) < 4.78 is 17.0. The second-order valence-corrected chi connectivity index (χ2v) is 7.68. The van der Waals surface area contributed by atoms with Gasteiger partial charge < -0.3 is 13.6 Å². The highest BCUT2D eigenvalue weighted by molar-refractivity contribution is 6.36. The Morgan fingerprint density at radius 1 is 1.07 bits per heavy atom. The number of hydrogen-bond donors (Lipinski definition) is 0. The minimum atomic E-state index is -0.407. The molecule has 0 amide bonds. The summed E-state index contributed by atoms with van der Waals surface area (Å²) in [6, 6.07) is 11.4. The van der Waals surface area contributed by atoms with Crippen molar-refractivity contribution in [3.8, 4) is 17.3 Å². The van der Waals surface area contributed by atoms with Gasteiger partial charge >= 0.3 is 0 Å². The molecule has 0 bridgehead atoms. The molecule has 5 nitrogen and oxygen atoms in total. The number of ether oxygens (including phenoxy) is 1. The van der Waals surface area contributed by atoms with Gasteiger partial charge in [-0.15, -0.1) is 0 Å². The summed E-state index contributed by atoms with van der Waals surface area (Å²) >= 11 is 12.0. The molecule has 2 aromatic carbocycles. The second-order valence-electron chi connectivity index (χ2n) is 6.84. The SMILES string of the molecule is Cc1cc2oc(-c3ccco3)c(OCC(=O)c3ccc(Cl)cc3Cl)c(=O)c2cc1C. The quantitative estimate of drug-likeness (QED) is 0.342. The largest absolute Gasteiger partial charge is 0.478 e. The summed E-state index contributed by atoms with van der Waals surface area (Å²) in [5.41, 5.74) is 2.19. The first-order chi connectivity index (χ1) is 14.3. The van der Waals surface area contributed by atoms with Crippen LogP contribution in [-0.4, -0.2) is 12.4 Å². The summed E-state index contributed by atoms with van der Waals surface area (Å²) in [7, 11) is 0. The molecule has 2 aromatic heterocycles. The molecule has 0 fully saturated rings. The number of furan rings is 1. The summed E-state index contributed by atoms with van der Waals surface area (Å²) in [6.07, 6.45) is 1.46. The van der Waals surface area contributed by atoms with E-state index in [1.165, 1.54) is 18.4 Å². The van der Waals surface area contributed by atoms with Gasteiger partial charge in [0.15, 0.2) is 12.4 Å². The van der Waals surface area contributed by atoms with E-state index in [9.17, 15) is 9.59 Å². The van der Waals surface area contributed by atoms with Gasteiger partial charge in [0.1, 0.15) is 5.58 Å². The molecule has 0 atom stereocenters. The average Bonchev–Trinajstić information content (AvgIpc) is 3.23. The van der Waals surface area contributed by atoms with Crippen LogP contribution in [0.25, 0.3) is 22.5 Å². The van der Waals surface area contributed by atoms with Gasteiger partial charge in [-0.1, -0.05) is 23.2 Å². The lowest BCUT2D eigenvalue weighted by Crippen LogP contribution is -2.17. The lowest BCUT2D eigenvalue weighted by Gasteiger charge is -2.11. The van der Waals surface area contributed by atoms with E-state index in [0.29, 0.717) is 21.8 Å². The molecule has 0 aliphatic heterocycles. The zero-order valence-electron chi connectivity index (χ0n) is 16.1. The maximum absolute atomic E-state index is 13.2. The molecule has 0 saturated heterocycles. The molecule has 0 spiro atoms. The Bertz CT molecular complexity index is 1320. The highest BCUT2D eigenvalue weighted by Crippen LogP contribution is 2.32. The summed E-state index contributed by atoms with van der Waals surface area (Å²) in [5, 5.41) is 0.984. The third kappa shape index (κ3) is 3.74. The number of hydrogen-bond acceptors (Lipinski definition) is 5. The van der Waals surface area contributed by atoms with Crippen molar-refractivity contribution in [1.82, 2.24) is 0 Å². The van der Waals surface area contributed by atoms with Gasteiger partial charge in [-0.05, 0) is 67.4 Å². The molecular formula is C23H16Cl2O5. The van der Waals surface area contributed by atoms with Crippen LogP contribution in [0.2, 0.25) is 10.0 Å². The van der Waals surface area contributed by atoms with Crippen LogP contribution in [0.1, 0.15) is 21.5 Å². The number of rotatable bonds is 5. The van der Waals surface area contributed by atoms with Gasteiger partial charge in [0, 0.05) is 10.6 Å². The predicted molar refractivity (Wildman–Crippen MR) is 116 cm³/mol. The van der Waals surface area contributed by atoms with Crippen molar-refractivity contribution in [3.05, 3.63) is 85.7 Å². The first-order valence-electron chi connectivity index (χ1n) is 9.08. The Balaban J connectivity index is 1.78. The zero-order valence-corrected chi connectivity index (χ0v) is 17.6. The van der Waals surface area contributed by atoms with Crippen LogP contribution in [0.3, 0.4) is 0 Å². The molecule has 4 aromatic rings. The van der Waals surface area contributed by atoms with E-state index >= 15 is 0 Å². The fraction of sp³-hybridized carbons (Fsp3) is 0.130. The first-order valence-corrected chi connectivity index (χ1v) is 9.83. The van der Waals surface area contributed by atoms with E-state index < -0.39 is 12.4 Å². The molecule has 152 valence electrons. The molecule has 30 heavy (non-hydrogen) atoms. The first kappa shape index (κ1) is 20.3. The number of fused-ring (bicyclic) bond motifs is 1.